The summed E-state index contributed by atoms with van der Waals surface area (Å²) in [5.74, 6) is 1.09. The number of aryl methyl sites for hydroxylation is 1. The predicted molar refractivity (Wildman–Crippen MR) is 192 cm³/mol. The van der Waals surface area contributed by atoms with Crippen LogP contribution in [-0.4, -0.2) is 103 Å². The monoisotopic (exact) mass is 661 g/mol. The fraction of sp³-hybridized carbons (Fsp3) is 0.545. The van der Waals surface area contributed by atoms with Crippen LogP contribution in [0.25, 0.3) is 0 Å². The van der Waals surface area contributed by atoms with Crippen LogP contribution >= 0.6 is 11.8 Å². The van der Waals surface area contributed by atoms with Crippen LogP contribution in [0.5, 0.6) is 5.75 Å². The van der Waals surface area contributed by atoms with Crippen molar-refractivity contribution in [3.63, 3.8) is 0 Å². The molecule has 0 bridgehead atoms. The molecule has 2 heterocycles. The number of aromatic hydroxyl groups is 1. The predicted octanol–water partition coefficient (Wildman–Crippen LogP) is 4.16. The molecule has 1 amide bonds. The van der Waals surface area contributed by atoms with Gasteiger partial charge in [0.15, 0.2) is 6.29 Å². The van der Waals surface area contributed by atoms with Gasteiger partial charge in [0.2, 0.25) is 5.91 Å². The second-order valence-corrected chi connectivity index (χ2v) is 12.8. The van der Waals surface area contributed by atoms with E-state index in [-0.39, 0.29) is 24.0 Å². The number of hydrogen-bond donors (Lipinski definition) is 5. The van der Waals surface area contributed by atoms with Crippen LogP contribution in [0.15, 0.2) is 44.3 Å². The molecule has 1 aromatic rings. The highest BCUT2D eigenvalue weighted by atomic mass is 32.2. The highest BCUT2D eigenvalue weighted by molar-refractivity contribution is 8.07. The zero-order valence-corrected chi connectivity index (χ0v) is 29.3. The molecule has 0 saturated carbocycles. The molecule has 0 radical (unpaired) electrons. The van der Waals surface area contributed by atoms with Crippen molar-refractivity contribution in [3.8, 4) is 5.75 Å². The average molecular weight is 662 g/mol. The van der Waals surface area contributed by atoms with Gasteiger partial charge >= 0.3 is 0 Å². The number of likely N-dealkylation sites (tertiary alicyclic amines) is 2. The number of nitrogens with one attached hydrogen (secondary N) is 1. The van der Waals surface area contributed by atoms with E-state index >= 15 is 0 Å². The molecule has 0 aromatic heterocycles. The van der Waals surface area contributed by atoms with Gasteiger partial charge in [0.25, 0.3) is 6.47 Å². The zero-order chi connectivity index (χ0) is 35.3. The Morgan fingerprint density at radius 3 is 2.26 bits per heavy atom. The maximum Gasteiger partial charge on any atom is 0.290 e. The molecule has 2 fully saturated rings. The van der Waals surface area contributed by atoms with E-state index in [1.54, 1.807) is 18.4 Å². The van der Waals surface area contributed by atoms with Gasteiger partial charge in [-0.05, 0) is 104 Å². The number of allylic oxidation sites excluding steroid dienone is 2. The van der Waals surface area contributed by atoms with Crippen LogP contribution in [0.1, 0.15) is 57.6 Å². The van der Waals surface area contributed by atoms with Gasteiger partial charge < -0.3 is 31.9 Å². The molecule has 46 heavy (non-hydrogen) atoms. The van der Waals surface area contributed by atoms with Crippen molar-refractivity contribution in [1.29, 1.82) is 0 Å². The summed E-state index contributed by atoms with van der Waals surface area (Å²) in [5, 5.41) is 19.7. The van der Waals surface area contributed by atoms with Crippen LogP contribution in [-0.2, 0) is 14.4 Å². The van der Waals surface area contributed by atoms with E-state index in [0.29, 0.717) is 40.9 Å². The second-order valence-electron chi connectivity index (χ2n) is 11.6. The van der Waals surface area contributed by atoms with E-state index in [4.69, 9.17) is 15.6 Å². The number of anilines is 1. The van der Waals surface area contributed by atoms with Gasteiger partial charge in [0, 0.05) is 55.8 Å². The number of phenols is 1. The molecule has 0 aliphatic carbocycles. The number of aldehydes is 1. The minimum absolute atomic E-state index is 0.0988. The number of carboxylic acid groups (broad SMARTS) is 1. The average Bonchev–Trinajstić information content (AvgIpc) is 3.50. The smallest absolute Gasteiger partial charge is 0.290 e. The van der Waals surface area contributed by atoms with Crippen LogP contribution in [0.2, 0.25) is 0 Å². The van der Waals surface area contributed by atoms with Gasteiger partial charge in [-0.15, -0.1) is 0 Å². The molecule has 2 saturated heterocycles. The lowest BCUT2D eigenvalue weighted by Gasteiger charge is -2.41. The first kappa shape index (κ1) is 42.3. The third-order valence-electron chi connectivity index (χ3n) is 7.54. The topological polar surface area (TPSA) is 187 Å². The lowest BCUT2D eigenvalue weighted by atomic mass is 9.90. The van der Waals surface area contributed by atoms with Crippen molar-refractivity contribution in [1.82, 2.24) is 9.80 Å². The van der Waals surface area contributed by atoms with E-state index in [0.717, 1.165) is 67.5 Å². The highest BCUT2D eigenvalue weighted by Crippen LogP contribution is 2.28. The van der Waals surface area contributed by atoms with Crippen LogP contribution < -0.4 is 16.8 Å². The summed E-state index contributed by atoms with van der Waals surface area (Å²) >= 11 is 1.12. The third-order valence-corrected chi connectivity index (χ3v) is 8.35. The SMILES string of the molecule is C=N/C=C(/C=O)S/C(N)=C/C=NC1CCN(C(=O)CC2CCN(C(C)(C)C)CC2)C1.CN.CNc1c(C)ccc(O)c1C.O=CO. The molecule has 7 N–H and O–H groups in total. The van der Waals surface area contributed by atoms with E-state index in [1.807, 2.05) is 31.9 Å². The van der Waals surface area contributed by atoms with Gasteiger partial charge in [-0.2, -0.15) is 0 Å². The minimum Gasteiger partial charge on any atom is -0.508 e. The molecule has 0 spiro atoms. The van der Waals surface area contributed by atoms with Gasteiger partial charge in [-0.1, -0.05) is 17.8 Å². The number of benzene rings is 1. The van der Waals surface area contributed by atoms with Gasteiger partial charge in [-0.25, -0.2) is 0 Å². The molecule has 3 rings (SSSR count). The number of thioether (sulfide) groups is 1. The number of amides is 1. The number of carbonyl (C=O) groups excluding carboxylic acids is 2. The fourth-order valence-corrected chi connectivity index (χ4v) is 5.65. The Labute approximate surface area is 279 Å². The maximum atomic E-state index is 12.7. The van der Waals surface area contributed by atoms with Crippen LogP contribution in [0, 0.1) is 19.8 Å². The normalized spacial score (nSPS) is 17.5. The van der Waals surface area contributed by atoms with Crippen molar-refractivity contribution in [2.45, 2.75) is 71.9 Å². The number of carbonyl (C=O) groups is 3. The van der Waals surface area contributed by atoms with E-state index in [9.17, 15) is 14.7 Å². The van der Waals surface area contributed by atoms with Crippen LogP contribution in [0.4, 0.5) is 5.69 Å². The number of rotatable bonds is 9. The molecule has 13 heteroatoms. The van der Waals surface area contributed by atoms with Gasteiger partial charge in [-0.3, -0.25) is 29.3 Å². The quantitative estimate of drug-likeness (QED) is 0.146. The highest BCUT2D eigenvalue weighted by Gasteiger charge is 2.31. The summed E-state index contributed by atoms with van der Waals surface area (Å²) in [6.07, 6.45) is 9.08. The second kappa shape index (κ2) is 22.8. The summed E-state index contributed by atoms with van der Waals surface area (Å²) in [4.78, 5) is 44.9. The van der Waals surface area contributed by atoms with Crippen molar-refractivity contribution in [2.24, 2.45) is 27.4 Å². The molecule has 12 nitrogen and oxygen atoms in total. The number of nitrogens with two attached hydrogens (primary N) is 2. The summed E-state index contributed by atoms with van der Waals surface area (Å²) in [6.45, 7) is 17.3. The first-order valence-corrected chi connectivity index (χ1v) is 16.1. The Morgan fingerprint density at radius 2 is 1.76 bits per heavy atom. The zero-order valence-electron chi connectivity index (χ0n) is 28.5. The largest absolute Gasteiger partial charge is 0.508 e. The summed E-state index contributed by atoms with van der Waals surface area (Å²) in [6, 6.07) is 3.71. The first-order valence-electron chi connectivity index (χ1n) is 15.2. The molecule has 2 aliphatic heterocycles. The van der Waals surface area contributed by atoms with E-state index in [1.165, 1.54) is 13.2 Å². The minimum atomic E-state index is -0.250. The maximum absolute atomic E-state index is 12.7. The number of phenolic OH excluding ortho intramolecular Hbond substituents is 1. The van der Waals surface area contributed by atoms with Crippen molar-refractivity contribution in [3.05, 3.63) is 45.5 Å². The molecule has 2 aliphatic rings. The van der Waals surface area contributed by atoms with Gasteiger partial charge in [0.05, 0.1) is 16.0 Å². The van der Waals surface area contributed by atoms with E-state index < -0.39 is 0 Å². The van der Waals surface area contributed by atoms with Crippen molar-refractivity contribution < 1.29 is 24.6 Å². The fourth-order valence-electron chi connectivity index (χ4n) is 5.07. The number of hydrogen-bond acceptors (Lipinski definition) is 11. The summed E-state index contributed by atoms with van der Waals surface area (Å²) < 4.78 is 0. The standard InChI is InChI=1S/C22H35N5O2S.C9H13NO.CH5N.CH2O2/c1-22(2,3)27-11-6-17(7-12-27)13-21(29)26-10-8-18(15-26)25-9-5-20(23)30-19(16-28)14-24-4;1-6-4-5-8(11)7(2)9(6)10-3;1-2;2-1-3/h5,9,14,16-18H,4,6-8,10-13,15,23H2,1-3H3;4-5,10-11H,1-3H3;2H2,1H3;1H,(H,2,3)/b19-14-,20-5+,25-9?;;;. The molecular weight excluding hydrogens is 606 g/mol. The Morgan fingerprint density at radius 1 is 1.15 bits per heavy atom. The van der Waals surface area contributed by atoms with Crippen LogP contribution in [0.3, 0.4) is 0 Å². The first-order chi connectivity index (χ1) is 21.8. The number of piperidine rings is 1. The Balaban J connectivity index is 0.00000104. The molecule has 1 aromatic carbocycles. The van der Waals surface area contributed by atoms with Crippen molar-refractivity contribution >= 4 is 49.0 Å². The summed E-state index contributed by atoms with van der Waals surface area (Å²) in [5.41, 5.74) is 13.7. The Kier molecular flexibility index (Phi) is 20.9. The Hall–Kier alpha value is -3.68. The van der Waals surface area contributed by atoms with Gasteiger partial charge in [0.1, 0.15) is 5.75 Å². The molecular formula is C33H55N7O5S. The van der Waals surface area contributed by atoms with E-state index in [2.05, 4.69) is 53.4 Å². The number of nitrogens with zero attached hydrogens (tertiary/aromatic N) is 4. The van der Waals surface area contributed by atoms with Crippen molar-refractivity contribution in [2.75, 3.05) is 45.6 Å². The number of aliphatic imine (C=N–C) groups is 2. The summed E-state index contributed by atoms with van der Waals surface area (Å²) in [7, 11) is 3.36. The third kappa shape index (κ3) is 15.5. The molecule has 1 atom stereocenters. The lowest BCUT2D eigenvalue weighted by Crippen LogP contribution is -2.46. The lowest BCUT2D eigenvalue weighted by molar-refractivity contribution is -0.131. The Bertz CT molecular complexity index is 1190. The molecule has 1 unspecified atom stereocenters. The molecule has 258 valence electrons.